The molecule has 1 aliphatic rings. The number of halogens is 1. The predicted octanol–water partition coefficient (Wildman–Crippen LogP) is 4.47. The first kappa shape index (κ1) is 22.9. The third-order valence-electron chi connectivity index (χ3n) is 5.21. The molecule has 6 nitrogen and oxygen atoms in total. The summed E-state index contributed by atoms with van der Waals surface area (Å²) in [6.07, 6.45) is 3.22. The van der Waals surface area contributed by atoms with Crippen molar-refractivity contribution in [3.63, 3.8) is 0 Å². The summed E-state index contributed by atoms with van der Waals surface area (Å²) in [5, 5.41) is 0.861. The second-order valence-electron chi connectivity index (χ2n) is 7.90. The van der Waals surface area contributed by atoms with Gasteiger partial charge in [-0.2, -0.15) is 0 Å². The molecule has 0 unspecified atom stereocenters. The zero-order chi connectivity index (χ0) is 21.7. The first-order chi connectivity index (χ1) is 14.4. The molecule has 2 aromatic rings. The van der Waals surface area contributed by atoms with E-state index in [0.717, 1.165) is 27.4 Å². The van der Waals surface area contributed by atoms with E-state index in [1.54, 1.807) is 0 Å². The molecule has 0 N–H and O–H groups in total. The van der Waals surface area contributed by atoms with Crippen LogP contribution in [0.2, 0.25) is 0 Å². The average molecular weight is 494 g/mol. The van der Waals surface area contributed by atoms with Gasteiger partial charge in [0.1, 0.15) is 0 Å². The summed E-state index contributed by atoms with van der Waals surface area (Å²) in [6, 6.07) is 8.19. The summed E-state index contributed by atoms with van der Waals surface area (Å²) in [7, 11) is 1.41. The predicted molar refractivity (Wildman–Crippen MR) is 122 cm³/mol. The Morgan fingerprint density at radius 3 is 2.50 bits per heavy atom. The highest BCUT2D eigenvalue weighted by Crippen LogP contribution is 2.29. The lowest BCUT2D eigenvalue weighted by molar-refractivity contribution is -0.148. The minimum absolute atomic E-state index is 0.0904. The number of carbonyl (C=O) groups excluding carboxylic acids is 2. The van der Waals surface area contributed by atoms with Crippen LogP contribution in [-0.2, 0) is 20.9 Å². The standard InChI is InChI=1S/C22H28BrN3O3S/c1-15(2)13-26-19(16-4-6-18(23)7-5-16)12-24-22(26)30-14-20(27)25-10-8-17(9-11-25)21(28)29-3/h4-7,12,15,17H,8-11,13-14H2,1-3H3. The third kappa shape index (κ3) is 5.66. The molecule has 8 heteroatoms. The van der Waals surface area contributed by atoms with Crippen LogP contribution in [0.25, 0.3) is 11.3 Å². The quantitative estimate of drug-likeness (QED) is 0.420. The fourth-order valence-corrected chi connectivity index (χ4v) is 4.77. The van der Waals surface area contributed by atoms with Crippen LogP contribution in [0.15, 0.2) is 40.1 Å². The van der Waals surface area contributed by atoms with Gasteiger partial charge in [0.15, 0.2) is 5.16 Å². The molecule has 3 rings (SSSR count). The van der Waals surface area contributed by atoms with E-state index >= 15 is 0 Å². The monoisotopic (exact) mass is 493 g/mol. The van der Waals surface area contributed by atoms with Crippen molar-refractivity contribution >= 4 is 39.6 Å². The van der Waals surface area contributed by atoms with Crippen LogP contribution >= 0.6 is 27.7 Å². The van der Waals surface area contributed by atoms with Gasteiger partial charge in [-0.1, -0.05) is 53.7 Å². The zero-order valence-corrected chi connectivity index (χ0v) is 20.0. The molecular weight excluding hydrogens is 466 g/mol. The molecule has 2 heterocycles. The van der Waals surface area contributed by atoms with E-state index < -0.39 is 0 Å². The summed E-state index contributed by atoms with van der Waals surface area (Å²) >= 11 is 4.96. The number of imidazole rings is 1. The van der Waals surface area contributed by atoms with Gasteiger partial charge in [-0.3, -0.25) is 9.59 Å². The largest absolute Gasteiger partial charge is 0.469 e. The van der Waals surface area contributed by atoms with Gasteiger partial charge in [-0.05, 0) is 36.5 Å². The fraction of sp³-hybridized carbons (Fsp3) is 0.500. The highest BCUT2D eigenvalue weighted by atomic mass is 79.9. The topological polar surface area (TPSA) is 64.4 Å². The Balaban J connectivity index is 1.65. The van der Waals surface area contributed by atoms with E-state index in [2.05, 4.69) is 51.5 Å². The van der Waals surface area contributed by atoms with Crippen molar-refractivity contribution < 1.29 is 14.3 Å². The Bertz CT molecular complexity index is 874. The SMILES string of the molecule is COC(=O)C1CCN(C(=O)CSc2ncc(-c3ccc(Br)cc3)n2CC(C)C)CC1. The highest BCUT2D eigenvalue weighted by molar-refractivity contribution is 9.10. The number of amides is 1. The van der Waals surface area contributed by atoms with Crippen molar-refractivity contribution in [2.24, 2.45) is 11.8 Å². The van der Waals surface area contributed by atoms with Gasteiger partial charge in [-0.25, -0.2) is 4.98 Å². The minimum atomic E-state index is -0.173. The van der Waals surface area contributed by atoms with Crippen molar-refractivity contribution in [3.8, 4) is 11.3 Å². The van der Waals surface area contributed by atoms with Crippen molar-refractivity contribution in [3.05, 3.63) is 34.9 Å². The molecule has 0 bridgehead atoms. The van der Waals surface area contributed by atoms with Crippen LogP contribution in [0.3, 0.4) is 0 Å². The summed E-state index contributed by atoms with van der Waals surface area (Å²) < 4.78 is 8.06. The van der Waals surface area contributed by atoms with Gasteiger partial charge in [-0.15, -0.1) is 0 Å². The van der Waals surface area contributed by atoms with Crippen LogP contribution < -0.4 is 0 Å². The van der Waals surface area contributed by atoms with Crippen molar-refractivity contribution in [2.45, 2.75) is 38.4 Å². The van der Waals surface area contributed by atoms with Crippen LogP contribution in [0.1, 0.15) is 26.7 Å². The maximum absolute atomic E-state index is 12.7. The van der Waals surface area contributed by atoms with Gasteiger partial charge >= 0.3 is 5.97 Å². The minimum Gasteiger partial charge on any atom is -0.469 e. The molecule has 0 spiro atoms. The second kappa shape index (κ2) is 10.5. The average Bonchev–Trinajstić information content (AvgIpc) is 3.13. The molecule has 1 aromatic heterocycles. The normalized spacial score (nSPS) is 14.9. The lowest BCUT2D eigenvalue weighted by Gasteiger charge is -2.30. The number of benzene rings is 1. The molecule has 0 atom stereocenters. The number of nitrogens with zero attached hydrogens (tertiary/aromatic N) is 3. The zero-order valence-electron chi connectivity index (χ0n) is 17.6. The summed E-state index contributed by atoms with van der Waals surface area (Å²) in [5.41, 5.74) is 2.17. The van der Waals surface area contributed by atoms with Gasteiger partial charge in [0.05, 0.1) is 30.7 Å². The third-order valence-corrected chi connectivity index (χ3v) is 6.72. The maximum Gasteiger partial charge on any atom is 0.308 e. The Hall–Kier alpha value is -1.80. The van der Waals surface area contributed by atoms with Crippen LogP contribution in [-0.4, -0.2) is 52.3 Å². The van der Waals surface area contributed by atoms with Crippen molar-refractivity contribution in [1.29, 1.82) is 0 Å². The van der Waals surface area contributed by atoms with Crippen LogP contribution in [0, 0.1) is 11.8 Å². The van der Waals surface area contributed by atoms with Gasteiger partial charge in [0.2, 0.25) is 5.91 Å². The number of likely N-dealkylation sites (tertiary alicyclic amines) is 1. The van der Waals surface area contributed by atoms with Crippen molar-refractivity contribution in [1.82, 2.24) is 14.5 Å². The number of methoxy groups -OCH3 is 1. The Morgan fingerprint density at radius 2 is 1.90 bits per heavy atom. The molecule has 1 fully saturated rings. The molecule has 0 radical (unpaired) electrons. The Kier molecular flexibility index (Phi) is 7.99. The molecule has 0 aliphatic carbocycles. The lowest BCUT2D eigenvalue weighted by atomic mass is 9.97. The number of aromatic nitrogens is 2. The molecule has 0 saturated carbocycles. The fourth-order valence-electron chi connectivity index (χ4n) is 3.62. The van der Waals surface area contributed by atoms with E-state index in [-0.39, 0.29) is 17.8 Å². The summed E-state index contributed by atoms with van der Waals surface area (Å²) in [4.78, 5) is 30.8. The molecular formula is C22H28BrN3O3S. The smallest absolute Gasteiger partial charge is 0.308 e. The van der Waals surface area contributed by atoms with E-state index in [9.17, 15) is 9.59 Å². The lowest BCUT2D eigenvalue weighted by Crippen LogP contribution is -2.41. The Labute approximate surface area is 190 Å². The Morgan fingerprint density at radius 1 is 1.23 bits per heavy atom. The van der Waals surface area contributed by atoms with E-state index in [1.165, 1.54) is 18.9 Å². The first-order valence-electron chi connectivity index (χ1n) is 10.2. The first-order valence-corrected chi connectivity index (χ1v) is 12.0. The number of piperidine rings is 1. The number of rotatable bonds is 7. The summed E-state index contributed by atoms with van der Waals surface area (Å²) in [5.74, 6) is 0.629. The second-order valence-corrected chi connectivity index (χ2v) is 9.76. The summed E-state index contributed by atoms with van der Waals surface area (Å²) in [6.45, 7) is 6.40. The van der Waals surface area contributed by atoms with Gasteiger partial charge in [0.25, 0.3) is 0 Å². The molecule has 1 amide bonds. The number of hydrogen-bond donors (Lipinski definition) is 0. The number of thioether (sulfide) groups is 1. The van der Waals surface area contributed by atoms with Crippen LogP contribution in [0.4, 0.5) is 0 Å². The van der Waals surface area contributed by atoms with Crippen molar-refractivity contribution in [2.75, 3.05) is 26.0 Å². The number of carbonyl (C=O) groups is 2. The number of ether oxygens (including phenoxy) is 1. The van der Waals surface area contributed by atoms with Gasteiger partial charge in [0, 0.05) is 24.1 Å². The molecule has 162 valence electrons. The number of esters is 1. The van der Waals surface area contributed by atoms with Gasteiger partial charge < -0.3 is 14.2 Å². The maximum atomic E-state index is 12.7. The van der Waals surface area contributed by atoms with E-state index in [4.69, 9.17) is 4.74 Å². The molecule has 1 saturated heterocycles. The highest BCUT2D eigenvalue weighted by Gasteiger charge is 2.28. The van der Waals surface area contributed by atoms with Crippen LogP contribution in [0.5, 0.6) is 0 Å². The van der Waals surface area contributed by atoms with E-state index in [1.807, 2.05) is 23.2 Å². The molecule has 1 aromatic carbocycles. The molecule has 30 heavy (non-hydrogen) atoms. The number of hydrogen-bond acceptors (Lipinski definition) is 5. The van der Waals surface area contributed by atoms with E-state index in [0.29, 0.717) is 37.6 Å². The molecule has 1 aliphatic heterocycles.